The number of aromatic nitrogens is 1. The number of anilines is 2. The zero-order chi connectivity index (χ0) is 26.6. The normalized spacial score (nSPS) is 14.5. The predicted molar refractivity (Wildman–Crippen MR) is 134 cm³/mol. The summed E-state index contributed by atoms with van der Waals surface area (Å²) >= 11 is 0. The summed E-state index contributed by atoms with van der Waals surface area (Å²) in [6.45, 7) is -1.96. The molecule has 1 amide bonds. The Kier molecular flexibility index (Phi) is 7.91. The number of methoxy groups -OCH3 is 1. The number of benzene rings is 2. The minimum atomic E-state index is -3.35. The van der Waals surface area contributed by atoms with Crippen LogP contribution in [0, 0.1) is 0 Å². The summed E-state index contributed by atoms with van der Waals surface area (Å²) < 4.78 is 58.7. The van der Waals surface area contributed by atoms with Gasteiger partial charge in [-0.1, -0.05) is 0 Å². The van der Waals surface area contributed by atoms with Crippen molar-refractivity contribution in [2.75, 3.05) is 31.4 Å². The van der Waals surface area contributed by atoms with Crippen molar-refractivity contribution in [2.45, 2.75) is 30.4 Å². The van der Waals surface area contributed by atoms with Crippen LogP contribution in [0.4, 0.5) is 20.2 Å². The smallest absolute Gasteiger partial charge is 0.387 e. The number of carbonyl (C=O) groups is 1. The molecule has 11 heteroatoms. The summed E-state index contributed by atoms with van der Waals surface area (Å²) in [7, 11) is -1.78. The quantitative estimate of drug-likeness (QED) is 0.422. The third-order valence-corrected chi connectivity index (χ3v) is 7.36. The summed E-state index contributed by atoms with van der Waals surface area (Å²) in [6, 6.07) is 14.0. The Morgan fingerprint density at radius 2 is 1.70 bits per heavy atom. The van der Waals surface area contributed by atoms with Gasteiger partial charge in [0.1, 0.15) is 17.2 Å². The molecular formula is C26H27F2N3O5S. The van der Waals surface area contributed by atoms with Crippen molar-refractivity contribution in [1.29, 1.82) is 0 Å². The third kappa shape index (κ3) is 6.16. The van der Waals surface area contributed by atoms with Gasteiger partial charge in [-0.2, -0.15) is 8.78 Å². The fourth-order valence-electron chi connectivity index (χ4n) is 4.42. The van der Waals surface area contributed by atoms with Crippen LogP contribution in [0.25, 0.3) is 0 Å². The molecule has 8 nitrogen and oxygen atoms in total. The van der Waals surface area contributed by atoms with Gasteiger partial charge in [-0.05, 0) is 61.4 Å². The van der Waals surface area contributed by atoms with Crippen LogP contribution in [0.15, 0.2) is 71.9 Å². The number of rotatable bonds is 8. The van der Waals surface area contributed by atoms with Gasteiger partial charge in [0.05, 0.1) is 18.2 Å². The number of hydrogen-bond donors (Lipinski definition) is 0. The maximum Gasteiger partial charge on any atom is 0.387 e. The lowest BCUT2D eigenvalue weighted by molar-refractivity contribution is -0.0498. The summed E-state index contributed by atoms with van der Waals surface area (Å²) in [6.07, 6.45) is 5.68. The first-order chi connectivity index (χ1) is 17.7. The number of amides is 1. The van der Waals surface area contributed by atoms with E-state index in [0.717, 1.165) is 11.9 Å². The monoisotopic (exact) mass is 531 g/mol. The summed E-state index contributed by atoms with van der Waals surface area (Å²) in [4.78, 5) is 21.3. The zero-order valence-electron chi connectivity index (χ0n) is 20.4. The van der Waals surface area contributed by atoms with Gasteiger partial charge in [0.15, 0.2) is 9.84 Å². The molecule has 0 atom stereocenters. The standard InChI is InChI=1S/C26H27F2N3O5S/c1-35-24-11-14-29-17-23(24)31(19-5-7-21(8-6-19)36-26(27)28)20-12-15-30(16-13-20)25(32)18-3-9-22(10-4-18)37(2,33)34/h3-11,14,17,20,26H,12-13,15-16H2,1-2H3. The van der Waals surface area contributed by atoms with E-state index in [2.05, 4.69) is 9.72 Å². The number of hydrogen-bond acceptors (Lipinski definition) is 7. The number of sulfone groups is 1. The van der Waals surface area contributed by atoms with Crippen molar-refractivity contribution in [3.05, 3.63) is 72.6 Å². The van der Waals surface area contributed by atoms with Crippen LogP contribution in [0.5, 0.6) is 11.5 Å². The van der Waals surface area contributed by atoms with Crippen molar-refractivity contribution in [1.82, 2.24) is 9.88 Å². The number of ether oxygens (including phenoxy) is 2. The van der Waals surface area contributed by atoms with E-state index >= 15 is 0 Å². The van der Waals surface area contributed by atoms with Gasteiger partial charge in [-0.25, -0.2) is 8.42 Å². The summed E-state index contributed by atoms with van der Waals surface area (Å²) in [5.74, 6) is 0.490. The highest BCUT2D eigenvalue weighted by atomic mass is 32.2. The Balaban J connectivity index is 1.54. The molecule has 2 aromatic carbocycles. The first-order valence-corrected chi connectivity index (χ1v) is 13.5. The van der Waals surface area contributed by atoms with E-state index in [1.54, 1.807) is 42.6 Å². The molecule has 1 aliphatic heterocycles. The van der Waals surface area contributed by atoms with Crippen LogP contribution < -0.4 is 14.4 Å². The lowest BCUT2D eigenvalue weighted by Gasteiger charge is -2.40. The Hall–Kier alpha value is -3.73. The lowest BCUT2D eigenvalue weighted by Crippen LogP contribution is -2.45. The number of halogens is 2. The zero-order valence-corrected chi connectivity index (χ0v) is 21.2. The van der Waals surface area contributed by atoms with Crippen LogP contribution in [-0.4, -0.2) is 63.3 Å². The molecular weight excluding hydrogens is 504 g/mol. The van der Waals surface area contributed by atoms with Crippen molar-refractivity contribution in [2.24, 2.45) is 0 Å². The van der Waals surface area contributed by atoms with Crippen molar-refractivity contribution < 1.29 is 31.5 Å². The van der Waals surface area contributed by atoms with Gasteiger partial charge in [-0.3, -0.25) is 9.78 Å². The highest BCUT2D eigenvalue weighted by Gasteiger charge is 2.30. The minimum absolute atomic E-state index is 0.0309. The molecule has 0 radical (unpaired) electrons. The maximum absolute atomic E-state index is 13.1. The second kappa shape index (κ2) is 11.1. The van der Waals surface area contributed by atoms with Crippen LogP contribution in [0.2, 0.25) is 0 Å². The van der Waals surface area contributed by atoms with E-state index in [4.69, 9.17) is 4.74 Å². The highest BCUT2D eigenvalue weighted by Crippen LogP contribution is 2.38. The van der Waals surface area contributed by atoms with Gasteiger partial charge in [0, 0.05) is 48.9 Å². The second-order valence-corrected chi connectivity index (χ2v) is 10.6. The minimum Gasteiger partial charge on any atom is -0.494 e. The van der Waals surface area contributed by atoms with Gasteiger partial charge in [0.25, 0.3) is 5.91 Å². The fourth-order valence-corrected chi connectivity index (χ4v) is 5.05. The molecule has 1 saturated heterocycles. The molecule has 1 aromatic heterocycles. The first kappa shape index (κ1) is 26.3. The number of alkyl halides is 2. The van der Waals surface area contributed by atoms with Crippen LogP contribution in [0.1, 0.15) is 23.2 Å². The Labute approximate surface area is 214 Å². The average molecular weight is 532 g/mol. The van der Waals surface area contributed by atoms with Crippen LogP contribution in [0.3, 0.4) is 0 Å². The summed E-state index contributed by atoms with van der Waals surface area (Å²) in [5, 5.41) is 0. The van der Waals surface area contributed by atoms with E-state index in [1.165, 1.54) is 36.4 Å². The molecule has 37 heavy (non-hydrogen) atoms. The topological polar surface area (TPSA) is 89.0 Å². The van der Waals surface area contributed by atoms with Crippen LogP contribution >= 0.6 is 0 Å². The van der Waals surface area contributed by atoms with Crippen molar-refractivity contribution in [3.8, 4) is 11.5 Å². The van der Waals surface area contributed by atoms with E-state index < -0.39 is 16.4 Å². The molecule has 0 saturated carbocycles. The lowest BCUT2D eigenvalue weighted by atomic mass is 10.0. The molecule has 1 aliphatic rings. The van der Waals surface area contributed by atoms with Crippen molar-refractivity contribution in [3.63, 3.8) is 0 Å². The molecule has 0 aliphatic carbocycles. The van der Waals surface area contributed by atoms with Crippen molar-refractivity contribution >= 4 is 27.1 Å². The number of carbonyl (C=O) groups excluding carboxylic acids is 1. The van der Waals surface area contributed by atoms with Gasteiger partial charge >= 0.3 is 6.61 Å². The number of pyridine rings is 1. The molecule has 0 bridgehead atoms. The largest absolute Gasteiger partial charge is 0.494 e. The summed E-state index contributed by atoms with van der Waals surface area (Å²) in [5.41, 5.74) is 1.88. The Morgan fingerprint density at radius 3 is 2.27 bits per heavy atom. The molecule has 4 rings (SSSR count). The molecule has 0 unspecified atom stereocenters. The fraction of sp³-hybridized carbons (Fsp3) is 0.308. The average Bonchev–Trinajstić information content (AvgIpc) is 2.89. The van der Waals surface area contributed by atoms with E-state index in [9.17, 15) is 22.0 Å². The Morgan fingerprint density at radius 1 is 1.05 bits per heavy atom. The molecule has 196 valence electrons. The number of likely N-dealkylation sites (tertiary alicyclic amines) is 1. The van der Waals surface area contributed by atoms with E-state index in [0.29, 0.717) is 42.9 Å². The van der Waals surface area contributed by atoms with Gasteiger partial charge in [0.2, 0.25) is 0 Å². The number of piperidine rings is 1. The highest BCUT2D eigenvalue weighted by molar-refractivity contribution is 7.90. The van der Waals surface area contributed by atoms with E-state index in [-0.39, 0.29) is 22.6 Å². The first-order valence-electron chi connectivity index (χ1n) is 11.6. The SMILES string of the molecule is COc1ccncc1N(c1ccc(OC(F)F)cc1)C1CCN(C(=O)c2ccc(S(C)(=O)=O)cc2)CC1. The van der Waals surface area contributed by atoms with E-state index in [1.807, 2.05) is 4.90 Å². The maximum atomic E-state index is 13.1. The third-order valence-electron chi connectivity index (χ3n) is 6.23. The van der Waals surface area contributed by atoms with Gasteiger partial charge < -0.3 is 19.3 Å². The molecule has 1 fully saturated rings. The molecule has 3 aromatic rings. The Bertz CT molecular complexity index is 1330. The number of nitrogens with zero attached hydrogens (tertiary/aromatic N) is 3. The molecule has 0 N–H and O–H groups in total. The second-order valence-electron chi connectivity index (χ2n) is 8.61. The van der Waals surface area contributed by atoms with Gasteiger partial charge in [-0.15, -0.1) is 0 Å². The van der Waals surface area contributed by atoms with Crippen LogP contribution in [-0.2, 0) is 9.84 Å². The molecule has 0 spiro atoms. The molecule has 2 heterocycles. The predicted octanol–water partition coefficient (Wildman–Crippen LogP) is 4.54.